The molecular formula is C19H21N3O3. The Bertz CT molecular complexity index is 738. The zero-order valence-corrected chi connectivity index (χ0v) is 13.8. The van der Waals surface area contributed by atoms with Crippen molar-refractivity contribution < 1.29 is 14.3 Å². The third kappa shape index (κ3) is 3.45. The summed E-state index contributed by atoms with van der Waals surface area (Å²) in [6.45, 7) is 1.45. The van der Waals surface area contributed by atoms with Crippen molar-refractivity contribution in [2.24, 2.45) is 5.92 Å². The van der Waals surface area contributed by atoms with E-state index in [1.54, 1.807) is 0 Å². The topological polar surface area (TPSA) is 71.6 Å². The lowest BCUT2D eigenvalue weighted by Crippen LogP contribution is -2.44. The molecule has 6 nitrogen and oxygen atoms in total. The third-order valence-corrected chi connectivity index (χ3v) is 4.55. The van der Waals surface area contributed by atoms with Gasteiger partial charge in [0.2, 0.25) is 5.91 Å². The summed E-state index contributed by atoms with van der Waals surface area (Å²) in [6, 6.07) is 17.5. The predicted molar refractivity (Wildman–Crippen MR) is 93.2 cm³/mol. The van der Waals surface area contributed by atoms with Crippen molar-refractivity contribution in [2.45, 2.75) is 12.1 Å². The fraction of sp³-hybridized carbons (Fsp3) is 0.316. The molecule has 25 heavy (non-hydrogen) atoms. The molecule has 3 unspecified atom stereocenters. The van der Waals surface area contributed by atoms with Crippen LogP contribution in [0.1, 0.15) is 11.6 Å². The van der Waals surface area contributed by atoms with Crippen molar-refractivity contribution in [1.29, 1.82) is 0 Å². The molecule has 1 saturated heterocycles. The second-order valence-electron chi connectivity index (χ2n) is 6.26. The van der Waals surface area contributed by atoms with Gasteiger partial charge in [-0.15, -0.1) is 0 Å². The molecule has 1 amide bonds. The van der Waals surface area contributed by atoms with E-state index in [0.717, 1.165) is 17.1 Å². The molecule has 0 radical (unpaired) electrons. The van der Waals surface area contributed by atoms with Crippen LogP contribution in [0.3, 0.4) is 0 Å². The first-order valence-corrected chi connectivity index (χ1v) is 8.51. The van der Waals surface area contributed by atoms with Crippen LogP contribution in [0.5, 0.6) is 11.5 Å². The predicted octanol–water partition coefficient (Wildman–Crippen LogP) is 1.41. The van der Waals surface area contributed by atoms with Crippen LogP contribution in [-0.4, -0.2) is 31.7 Å². The summed E-state index contributed by atoms with van der Waals surface area (Å²) in [7, 11) is 0. The first kappa shape index (κ1) is 15.9. The molecule has 0 aliphatic carbocycles. The highest BCUT2D eigenvalue weighted by molar-refractivity contribution is 5.80. The molecule has 6 heteroatoms. The SMILES string of the molecule is O=C(NCC1COc2ccccc2O1)C1CNNC1c1ccccc1. The Morgan fingerprint density at radius 2 is 1.84 bits per heavy atom. The molecule has 2 aliphatic rings. The molecule has 0 saturated carbocycles. The van der Waals surface area contributed by atoms with E-state index < -0.39 is 0 Å². The van der Waals surface area contributed by atoms with Gasteiger partial charge in [0.15, 0.2) is 11.5 Å². The van der Waals surface area contributed by atoms with E-state index in [1.807, 2.05) is 54.6 Å². The summed E-state index contributed by atoms with van der Waals surface area (Å²) >= 11 is 0. The third-order valence-electron chi connectivity index (χ3n) is 4.55. The van der Waals surface area contributed by atoms with Gasteiger partial charge in [-0.05, 0) is 17.7 Å². The van der Waals surface area contributed by atoms with E-state index in [-0.39, 0.29) is 24.0 Å². The van der Waals surface area contributed by atoms with Crippen molar-refractivity contribution in [3.8, 4) is 11.5 Å². The summed E-state index contributed by atoms with van der Waals surface area (Å²) in [5.74, 6) is 1.31. The van der Waals surface area contributed by atoms with Crippen molar-refractivity contribution in [1.82, 2.24) is 16.2 Å². The Balaban J connectivity index is 1.35. The summed E-state index contributed by atoms with van der Waals surface area (Å²) < 4.78 is 11.6. The number of nitrogens with one attached hydrogen (secondary N) is 3. The lowest BCUT2D eigenvalue weighted by Gasteiger charge is -2.27. The van der Waals surface area contributed by atoms with E-state index in [9.17, 15) is 4.79 Å². The number of carbonyl (C=O) groups excluding carboxylic acids is 1. The summed E-state index contributed by atoms with van der Waals surface area (Å²) in [5.41, 5.74) is 7.37. The van der Waals surface area contributed by atoms with Crippen molar-refractivity contribution in [3.63, 3.8) is 0 Å². The van der Waals surface area contributed by atoms with Crippen LogP contribution < -0.4 is 25.6 Å². The highest BCUT2D eigenvalue weighted by atomic mass is 16.6. The van der Waals surface area contributed by atoms with Gasteiger partial charge in [0, 0.05) is 6.54 Å². The number of benzene rings is 2. The van der Waals surface area contributed by atoms with Gasteiger partial charge in [0.25, 0.3) is 0 Å². The standard InChI is InChI=1S/C19H21N3O3/c23-19(15-11-21-22-18(15)13-6-2-1-3-7-13)20-10-14-12-24-16-8-4-5-9-17(16)25-14/h1-9,14-15,18,21-22H,10-12H2,(H,20,23). The van der Waals surface area contributed by atoms with Gasteiger partial charge < -0.3 is 14.8 Å². The van der Waals surface area contributed by atoms with Crippen LogP contribution in [0, 0.1) is 5.92 Å². The van der Waals surface area contributed by atoms with Crippen LogP contribution in [0.2, 0.25) is 0 Å². The normalized spacial score (nSPS) is 24.7. The molecule has 130 valence electrons. The number of hydrazine groups is 1. The monoisotopic (exact) mass is 339 g/mol. The Morgan fingerprint density at radius 1 is 1.08 bits per heavy atom. The summed E-state index contributed by atoms with van der Waals surface area (Å²) in [4.78, 5) is 12.6. The highest BCUT2D eigenvalue weighted by Crippen LogP contribution is 2.30. The molecule has 2 aliphatic heterocycles. The molecule has 1 fully saturated rings. The van der Waals surface area contributed by atoms with Gasteiger partial charge in [-0.25, -0.2) is 5.43 Å². The second kappa shape index (κ2) is 7.13. The first-order chi connectivity index (χ1) is 12.3. The fourth-order valence-corrected chi connectivity index (χ4v) is 3.23. The fourth-order valence-electron chi connectivity index (χ4n) is 3.23. The van der Waals surface area contributed by atoms with Crippen LogP contribution in [-0.2, 0) is 4.79 Å². The average Bonchev–Trinajstić information content (AvgIpc) is 3.16. The number of hydrogen-bond donors (Lipinski definition) is 3. The molecule has 3 atom stereocenters. The maximum atomic E-state index is 12.6. The molecule has 4 rings (SSSR count). The minimum absolute atomic E-state index is 0.00816. The Hall–Kier alpha value is -2.57. The maximum absolute atomic E-state index is 12.6. The quantitative estimate of drug-likeness (QED) is 0.786. The van der Waals surface area contributed by atoms with Crippen LogP contribution >= 0.6 is 0 Å². The zero-order chi connectivity index (χ0) is 17.1. The molecule has 3 N–H and O–H groups in total. The number of ether oxygens (including phenoxy) is 2. The van der Waals surface area contributed by atoms with Gasteiger partial charge in [-0.2, -0.15) is 0 Å². The summed E-state index contributed by atoms with van der Waals surface area (Å²) in [5, 5.41) is 3.00. The van der Waals surface area contributed by atoms with Crippen LogP contribution in [0.25, 0.3) is 0 Å². The number of carbonyl (C=O) groups is 1. The van der Waals surface area contributed by atoms with Crippen molar-refractivity contribution in [3.05, 3.63) is 60.2 Å². The average molecular weight is 339 g/mol. The molecule has 2 aromatic rings. The number of amides is 1. The van der Waals surface area contributed by atoms with E-state index in [2.05, 4.69) is 16.2 Å². The Morgan fingerprint density at radius 3 is 2.68 bits per heavy atom. The highest BCUT2D eigenvalue weighted by Gasteiger charge is 2.34. The van der Waals surface area contributed by atoms with Crippen LogP contribution in [0.4, 0.5) is 0 Å². The smallest absolute Gasteiger partial charge is 0.226 e. The van der Waals surface area contributed by atoms with Gasteiger partial charge in [-0.3, -0.25) is 10.2 Å². The molecular weight excluding hydrogens is 318 g/mol. The Kier molecular flexibility index (Phi) is 4.54. The maximum Gasteiger partial charge on any atom is 0.226 e. The number of rotatable bonds is 4. The largest absolute Gasteiger partial charge is 0.486 e. The number of hydrogen-bond acceptors (Lipinski definition) is 5. The van der Waals surface area contributed by atoms with E-state index in [4.69, 9.17) is 9.47 Å². The first-order valence-electron chi connectivity index (χ1n) is 8.51. The van der Waals surface area contributed by atoms with Crippen LogP contribution in [0.15, 0.2) is 54.6 Å². The van der Waals surface area contributed by atoms with Gasteiger partial charge in [-0.1, -0.05) is 42.5 Å². The second-order valence-corrected chi connectivity index (χ2v) is 6.26. The molecule has 2 heterocycles. The van der Waals surface area contributed by atoms with Gasteiger partial charge in [0.05, 0.1) is 18.5 Å². The summed E-state index contributed by atoms with van der Waals surface area (Å²) in [6.07, 6.45) is -0.184. The van der Waals surface area contributed by atoms with Crippen molar-refractivity contribution in [2.75, 3.05) is 19.7 Å². The van der Waals surface area contributed by atoms with Gasteiger partial charge >= 0.3 is 0 Å². The number of para-hydroxylation sites is 2. The molecule has 0 spiro atoms. The number of fused-ring (bicyclic) bond motifs is 1. The lowest BCUT2D eigenvalue weighted by atomic mass is 9.94. The molecule has 2 aromatic carbocycles. The van der Waals surface area contributed by atoms with Crippen molar-refractivity contribution >= 4 is 5.91 Å². The molecule has 0 aromatic heterocycles. The lowest BCUT2D eigenvalue weighted by molar-refractivity contribution is -0.125. The van der Waals surface area contributed by atoms with E-state index in [1.165, 1.54) is 0 Å². The minimum Gasteiger partial charge on any atom is -0.486 e. The minimum atomic E-state index is -0.184. The Labute approximate surface area is 146 Å². The van der Waals surface area contributed by atoms with E-state index in [0.29, 0.717) is 19.7 Å². The van der Waals surface area contributed by atoms with Gasteiger partial charge in [0.1, 0.15) is 12.7 Å². The molecule has 0 bridgehead atoms. The zero-order valence-electron chi connectivity index (χ0n) is 13.8. The van der Waals surface area contributed by atoms with E-state index >= 15 is 0 Å².